The Bertz CT molecular complexity index is 362. The van der Waals surface area contributed by atoms with Crippen LogP contribution in [0.3, 0.4) is 0 Å². The predicted octanol–water partition coefficient (Wildman–Crippen LogP) is 3.36. The first-order valence-electron chi connectivity index (χ1n) is 6.52. The van der Waals surface area contributed by atoms with Crippen LogP contribution in [-0.2, 0) is 6.54 Å². The monoisotopic (exact) mass is 236 g/mol. The summed E-state index contributed by atoms with van der Waals surface area (Å²) in [5.41, 5.74) is 1.26. The molecule has 1 aromatic rings. The maximum Gasteiger partial charge on any atom is 0.0962 e. The van der Waals surface area contributed by atoms with Gasteiger partial charge in [0.2, 0.25) is 0 Å². The van der Waals surface area contributed by atoms with Crippen molar-refractivity contribution in [2.24, 2.45) is 0 Å². The van der Waals surface area contributed by atoms with E-state index in [0.29, 0.717) is 0 Å². The molecule has 1 aromatic heterocycles. The first-order valence-corrected chi connectivity index (χ1v) is 7.34. The van der Waals surface area contributed by atoms with Crippen LogP contribution in [0.25, 0.3) is 0 Å². The zero-order valence-corrected chi connectivity index (χ0v) is 10.8. The Morgan fingerprint density at radius 2 is 2.00 bits per heavy atom. The zero-order valence-electron chi connectivity index (χ0n) is 9.96. The van der Waals surface area contributed by atoms with Crippen LogP contribution in [0.1, 0.15) is 60.0 Å². The van der Waals surface area contributed by atoms with Gasteiger partial charge in [-0.3, -0.25) is 0 Å². The smallest absolute Gasteiger partial charge is 0.0962 e. The van der Waals surface area contributed by atoms with Crippen molar-refractivity contribution in [3.05, 3.63) is 15.6 Å². The van der Waals surface area contributed by atoms with Crippen LogP contribution in [-0.4, -0.2) is 11.0 Å². The van der Waals surface area contributed by atoms with Gasteiger partial charge in [0.05, 0.1) is 10.7 Å². The number of nitrogens with zero attached hydrogens (tertiary/aromatic N) is 1. The number of hydrogen-bond acceptors (Lipinski definition) is 3. The summed E-state index contributed by atoms with van der Waals surface area (Å²) in [7, 11) is 0. The Morgan fingerprint density at radius 1 is 1.25 bits per heavy atom. The van der Waals surface area contributed by atoms with Crippen LogP contribution in [0.5, 0.6) is 0 Å². The Balaban J connectivity index is 1.67. The van der Waals surface area contributed by atoms with E-state index in [0.717, 1.165) is 18.5 Å². The van der Waals surface area contributed by atoms with E-state index in [9.17, 15) is 0 Å². The van der Waals surface area contributed by atoms with Gasteiger partial charge in [-0.2, -0.15) is 0 Å². The van der Waals surface area contributed by atoms with Crippen molar-refractivity contribution in [3.8, 4) is 0 Å². The number of hydrogen-bond donors (Lipinski definition) is 1. The molecule has 0 spiro atoms. The Hall–Kier alpha value is -0.410. The van der Waals surface area contributed by atoms with Gasteiger partial charge in [0.25, 0.3) is 0 Å². The first-order chi connectivity index (χ1) is 7.83. The summed E-state index contributed by atoms with van der Waals surface area (Å²) in [6.07, 6.45) is 8.27. The van der Waals surface area contributed by atoms with Crippen molar-refractivity contribution in [2.75, 3.05) is 0 Å². The number of aryl methyl sites for hydroxylation is 1. The molecule has 2 aliphatic rings. The first kappa shape index (κ1) is 10.7. The number of nitrogens with one attached hydrogen (secondary N) is 1. The fraction of sp³-hybridized carbons (Fsp3) is 0.769. The summed E-state index contributed by atoms with van der Waals surface area (Å²) < 4.78 is 0. The lowest BCUT2D eigenvalue weighted by molar-refractivity contribution is 0.690. The molecule has 0 bridgehead atoms. The third-order valence-corrected chi connectivity index (χ3v) is 5.06. The van der Waals surface area contributed by atoms with Crippen molar-refractivity contribution in [1.29, 1.82) is 0 Å². The van der Waals surface area contributed by atoms with Gasteiger partial charge in [0.15, 0.2) is 0 Å². The lowest BCUT2D eigenvalue weighted by atomic mass is 10.1. The summed E-state index contributed by atoms with van der Waals surface area (Å²) in [4.78, 5) is 6.24. The van der Waals surface area contributed by atoms with E-state index in [2.05, 4.69) is 12.2 Å². The molecule has 1 heterocycles. The van der Waals surface area contributed by atoms with Gasteiger partial charge in [0.1, 0.15) is 0 Å². The number of rotatable bonds is 4. The summed E-state index contributed by atoms with van der Waals surface area (Å²) in [5, 5.41) is 4.99. The molecule has 0 unspecified atom stereocenters. The minimum atomic E-state index is 0.776. The molecule has 0 amide bonds. The molecule has 0 atom stereocenters. The highest BCUT2D eigenvalue weighted by atomic mass is 32.1. The highest BCUT2D eigenvalue weighted by Crippen LogP contribution is 2.37. The Labute approximate surface area is 101 Å². The molecule has 0 saturated heterocycles. The molecule has 1 N–H and O–H groups in total. The molecular weight excluding hydrogens is 216 g/mol. The van der Waals surface area contributed by atoms with Crippen LogP contribution in [0.4, 0.5) is 0 Å². The van der Waals surface area contributed by atoms with Crippen molar-refractivity contribution in [1.82, 2.24) is 10.3 Å². The van der Waals surface area contributed by atoms with Gasteiger partial charge >= 0.3 is 0 Å². The topological polar surface area (TPSA) is 24.9 Å². The van der Waals surface area contributed by atoms with Crippen LogP contribution in [0.2, 0.25) is 0 Å². The predicted molar refractivity (Wildman–Crippen MR) is 67.9 cm³/mol. The molecule has 16 heavy (non-hydrogen) atoms. The van der Waals surface area contributed by atoms with Crippen molar-refractivity contribution in [2.45, 2.75) is 64.0 Å². The summed E-state index contributed by atoms with van der Waals surface area (Å²) in [5.74, 6) is 0.776. The van der Waals surface area contributed by atoms with E-state index in [1.807, 2.05) is 11.3 Å². The Kier molecular flexibility index (Phi) is 2.99. The standard InChI is InChI=1S/C13H20N2S/c1-9-12(8-14-11-6-7-11)16-13(15-9)10-4-2-3-5-10/h10-11,14H,2-8H2,1H3. The second-order valence-electron chi connectivity index (χ2n) is 5.20. The average molecular weight is 236 g/mol. The normalized spacial score (nSPS) is 21.8. The molecule has 2 aliphatic carbocycles. The molecule has 3 heteroatoms. The molecule has 0 radical (unpaired) electrons. The molecule has 88 valence electrons. The molecule has 2 saturated carbocycles. The van der Waals surface area contributed by atoms with E-state index >= 15 is 0 Å². The summed E-state index contributed by atoms with van der Waals surface area (Å²) in [6.45, 7) is 3.21. The maximum absolute atomic E-state index is 4.77. The van der Waals surface area contributed by atoms with Crippen LogP contribution in [0.15, 0.2) is 0 Å². The molecule has 0 aliphatic heterocycles. The minimum absolute atomic E-state index is 0.776. The van der Waals surface area contributed by atoms with Crippen LogP contribution < -0.4 is 5.32 Å². The average Bonchev–Trinajstić information content (AvgIpc) is 2.80. The van der Waals surface area contributed by atoms with Crippen LogP contribution >= 0.6 is 11.3 Å². The van der Waals surface area contributed by atoms with Gasteiger partial charge < -0.3 is 5.32 Å². The minimum Gasteiger partial charge on any atom is -0.309 e. The fourth-order valence-corrected chi connectivity index (χ4v) is 3.67. The quantitative estimate of drug-likeness (QED) is 0.867. The summed E-state index contributed by atoms with van der Waals surface area (Å²) >= 11 is 1.95. The third-order valence-electron chi connectivity index (χ3n) is 3.74. The van der Waals surface area contributed by atoms with Crippen LogP contribution in [0, 0.1) is 6.92 Å². The second-order valence-corrected chi connectivity index (χ2v) is 6.31. The van der Waals surface area contributed by atoms with Gasteiger partial charge in [-0.15, -0.1) is 11.3 Å². The van der Waals surface area contributed by atoms with E-state index < -0.39 is 0 Å². The summed E-state index contributed by atoms with van der Waals surface area (Å²) in [6, 6.07) is 0.802. The highest BCUT2D eigenvalue weighted by molar-refractivity contribution is 7.11. The van der Waals surface area contributed by atoms with E-state index in [-0.39, 0.29) is 0 Å². The lowest BCUT2D eigenvalue weighted by Gasteiger charge is -2.02. The molecule has 0 aromatic carbocycles. The van der Waals surface area contributed by atoms with E-state index in [1.165, 1.54) is 54.1 Å². The second kappa shape index (κ2) is 4.46. The van der Waals surface area contributed by atoms with Gasteiger partial charge in [0, 0.05) is 23.4 Å². The van der Waals surface area contributed by atoms with Crippen molar-refractivity contribution in [3.63, 3.8) is 0 Å². The SMILES string of the molecule is Cc1nc(C2CCCC2)sc1CNC1CC1. The molecule has 3 rings (SSSR count). The molecular formula is C13H20N2S. The number of aromatic nitrogens is 1. The molecule has 2 nitrogen and oxygen atoms in total. The zero-order chi connectivity index (χ0) is 11.0. The third kappa shape index (κ3) is 2.30. The fourth-order valence-electron chi connectivity index (χ4n) is 2.49. The van der Waals surface area contributed by atoms with Crippen molar-refractivity contribution >= 4 is 11.3 Å². The van der Waals surface area contributed by atoms with E-state index in [4.69, 9.17) is 4.98 Å². The molecule has 2 fully saturated rings. The number of thiazole rings is 1. The van der Waals surface area contributed by atoms with Crippen molar-refractivity contribution < 1.29 is 0 Å². The van der Waals surface area contributed by atoms with Gasteiger partial charge in [-0.25, -0.2) is 4.98 Å². The van der Waals surface area contributed by atoms with Gasteiger partial charge in [-0.05, 0) is 32.6 Å². The maximum atomic E-state index is 4.77. The van der Waals surface area contributed by atoms with Gasteiger partial charge in [-0.1, -0.05) is 12.8 Å². The highest BCUT2D eigenvalue weighted by Gasteiger charge is 2.23. The Morgan fingerprint density at radius 3 is 2.69 bits per heavy atom. The largest absolute Gasteiger partial charge is 0.309 e. The van der Waals surface area contributed by atoms with E-state index in [1.54, 1.807) is 0 Å². The lowest BCUT2D eigenvalue weighted by Crippen LogP contribution is -2.14.